The van der Waals surface area contributed by atoms with Crippen molar-refractivity contribution in [2.45, 2.75) is 12.7 Å². The molecule has 166 valence electrons. The number of amides is 1. The summed E-state index contributed by atoms with van der Waals surface area (Å²) in [6, 6.07) is 14.0. The van der Waals surface area contributed by atoms with Crippen molar-refractivity contribution in [3.05, 3.63) is 92.9 Å². The van der Waals surface area contributed by atoms with Crippen molar-refractivity contribution >= 4 is 29.2 Å². The molecule has 11 heteroatoms. The minimum Gasteiger partial charge on any atom is -0.451 e. The Kier molecular flexibility index (Phi) is 6.94. The third-order valence-electron chi connectivity index (χ3n) is 4.15. The normalized spacial score (nSPS) is 11.1. The number of hydrogen-bond acceptors (Lipinski definition) is 5. The van der Waals surface area contributed by atoms with Gasteiger partial charge in [0, 0.05) is 11.1 Å². The molecule has 0 unspecified atom stereocenters. The quantitative estimate of drug-likeness (QED) is 0.560. The van der Waals surface area contributed by atoms with Gasteiger partial charge in [0.1, 0.15) is 0 Å². The SMILES string of the molecule is O=C(COC(=O)c1ccc(=O)n(Cc2ccccc2)n1)Nc1ccc(Cl)cc1C(F)(F)F. The van der Waals surface area contributed by atoms with E-state index in [4.69, 9.17) is 16.3 Å². The number of halogens is 4. The average Bonchev–Trinajstić information content (AvgIpc) is 2.75. The number of carbonyl (C=O) groups is 2. The second kappa shape index (κ2) is 9.65. The zero-order valence-electron chi connectivity index (χ0n) is 16.2. The highest BCUT2D eigenvalue weighted by Crippen LogP contribution is 2.36. The van der Waals surface area contributed by atoms with Crippen LogP contribution in [0.15, 0.2) is 65.5 Å². The number of rotatable bonds is 6. The topological polar surface area (TPSA) is 90.3 Å². The van der Waals surface area contributed by atoms with Gasteiger partial charge in [-0.2, -0.15) is 18.3 Å². The number of hydrogen-bond donors (Lipinski definition) is 1. The van der Waals surface area contributed by atoms with E-state index in [1.54, 1.807) is 30.3 Å². The number of aromatic nitrogens is 2. The molecule has 0 aliphatic carbocycles. The summed E-state index contributed by atoms with van der Waals surface area (Å²) in [6.45, 7) is -0.754. The van der Waals surface area contributed by atoms with Gasteiger partial charge in [0.25, 0.3) is 11.5 Å². The van der Waals surface area contributed by atoms with E-state index in [1.165, 1.54) is 6.07 Å². The van der Waals surface area contributed by atoms with Crippen molar-refractivity contribution in [1.29, 1.82) is 0 Å². The van der Waals surface area contributed by atoms with Crippen LogP contribution >= 0.6 is 11.6 Å². The Morgan fingerprint density at radius 3 is 2.47 bits per heavy atom. The van der Waals surface area contributed by atoms with Gasteiger partial charge in [0.2, 0.25) is 0 Å². The Morgan fingerprint density at radius 1 is 1.06 bits per heavy atom. The predicted octanol–water partition coefficient (Wildman–Crippen LogP) is 3.76. The third kappa shape index (κ3) is 5.94. The first kappa shape index (κ1) is 23.0. The van der Waals surface area contributed by atoms with Crippen LogP contribution in [0.3, 0.4) is 0 Å². The first-order valence-corrected chi connectivity index (χ1v) is 9.47. The fourth-order valence-electron chi connectivity index (χ4n) is 2.68. The molecule has 3 rings (SSSR count). The van der Waals surface area contributed by atoms with Crippen LogP contribution in [0, 0.1) is 0 Å². The van der Waals surface area contributed by atoms with Gasteiger partial charge < -0.3 is 10.1 Å². The molecule has 0 aliphatic rings. The molecule has 32 heavy (non-hydrogen) atoms. The molecule has 0 bridgehead atoms. The Hall–Kier alpha value is -3.66. The largest absolute Gasteiger partial charge is 0.451 e. The van der Waals surface area contributed by atoms with Gasteiger partial charge >= 0.3 is 12.1 Å². The number of anilines is 1. The summed E-state index contributed by atoms with van der Waals surface area (Å²) < 4.78 is 45.2. The zero-order valence-corrected chi connectivity index (χ0v) is 17.0. The van der Waals surface area contributed by atoms with E-state index < -0.39 is 41.5 Å². The standard InChI is InChI=1S/C21H15ClF3N3O4/c22-14-6-7-16(15(10-14)21(23,24)25)26-18(29)12-32-20(31)17-8-9-19(30)28(27-17)11-13-4-2-1-3-5-13/h1-10H,11-12H2,(H,26,29). The van der Waals surface area contributed by atoms with E-state index in [0.717, 1.165) is 28.4 Å². The number of ether oxygens (including phenoxy) is 1. The fourth-order valence-corrected chi connectivity index (χ4v) is 2.85. The van der Waals surface area contributed by atoms with Crippen LogP contribution in [0.4, 0.5) is 18.9 Å². The molecule has 0 spiro atoms. The van der Waals surface area contributed by atoms with Crippen molar-refractivity contribution in [3.63, 3.8) is 0 Å². The number of esters is 1. The lowest BCUT2D eigenvalue weighted by Gasteiger charge is -2.14. The summed E-state index contributed by atoms with van der Waals surface area (Å²) in [5.74, 6) is -2.02. The number of nitrogens with one attached hydrogen (secondary N) is 1. The first-order valence-electron chi connectivity index (χ1n) is 9.09. The van der Waals surface area contributed by atoms with Crippen LogP contribution in [0.1, 0.15) is 21.6 Å². The van der Waals surface area contributed by atoms with Gasteiger partial charge in [-0.25, -0.2) is 9.48 Å². The molecule has 0 aliphatic heterocycles. The molecule has 3 aromatic rings. The van der Waals surface area contributed by atoms with E-state index in [1.807, 2.05) is 5.32 Å². The minimum atomic E-state index is -4.75. The minimum absolute atomic E-state index is 0.109. The molecule has 0 fully saturated rings. The van der Waals surface area contributed by atoms with Gasteiger partial charge in [-0.3, -0.25) is 9.59 Å². The summed E-state index contributed by atoms with van der Waals surface area (Å²) in [4.78, 5) is 36.2. The molecular weight excluding hydrogens is 451 g/mol. The zero-order chi connectivity index (χ0) is 23.3. The van der Waals surface area contributed by atoms with Crippen LogP contribution in [0.2, 0.25) is 5.02 Å². The molecule has 1 aromatic heterocycles. The summed E-state index contributed by atoms with van der Waals surface area (Å²) in [7, 11) is 0. The maximum Gasteiger partial charge on any atom is 0.418 e. The summed E-state index contributed by atoms with van der Waals surface area (Å²) in [5.41, 5.74) is -1.59. The van der Waals surface area contributed by atoms with Crippen LogP contribution in [-0.2, 0) is 22.3 Å². The maximum atomic E-state index is 13.1. The van der Waals surface area contributed by atoms with Crippen molar-refractivity contribution in [2.75, 3.05) is 11.9 Å². The Labute approximate surface area is 184 Å². The number of alkyl halides is 3. The molecular formula is C21H15ClF3N3O4. The summed E-state index contributed by atoms with van der Waals surface area (Å²) in [5, 5.41) is 5.80. The first-order chi connectivity index (χ1) is 15.1. The average molecular weight is 466 g/mol. The Morgan fingerprint density at radius 2 is 1.78 bits per heavy atom. The van der Waals surface area contributed by atoms with Crippen LogP contribution in [0.25, 0.3) is 0 Å². The number of carbonyl (C=O) groups excluding carboxylic acids is 2. The van der Waals surface area contributed by atoms with E-state index in [9.17, 15) is 27.6 Å². The predicted molar refractivity (Wildman–Crippen MR) is 109 cm³/mol. The van der Waals surface area contributed by atoms with Crippen molar-refractivity contribution < 1.29 is 27.5 Å². The number of benzene rings is 2. The summed E-state index contributed by atoms with van der Waals surface area (Å²) in [6.07, 6.45) is -4.75. The molecule has 1 N–H and O–H groups in total. The van der Waals surface area contributed by atoms with E-state index >= 15 is 0 Å². The van der Waals surface area contributed by atoms with Crippen LogP contribution in [-0.4, -0.2) is 28.3 Å². The maximum absolute atomic E-state index is 13.1. The molecule has 0 radical (unpaired) electrons. The number of nitrogens with zero attached hydrogens (tertiary/aromatic N) is 2. The molecule has 2 aromatic carbocycles. The van der Waals surface area contributed by atoms with Crippen LogP contribution in [0.5, 0.6) is 0 Å². The summed E-state index contributed by atoms with van der Waals surface area (Å²) >= 11 is 5.59. The van der Waals surface area contributed by atoms with Gasteiger partial charge in [-0.05, 0) is 29.8 Å². The Bertz CT molecular complexity index is 1200. The smallest absolute Gasteiger partial charge is 0.418 e. The molecule has 0 saturated carbocycles. The lowest BCUT2D eigenvalue weighted by molar-refractivity contribution is -0.137. The third-order valence-corrected chi connectivity index (χ3v) is 4.38. The van der Waals surface area contributed by atoms with Gasteiger partial charge in [-0.15, -0.1) is 0 Å². The molecule has 7 nitrogen and oxygen atoms in total. The van der Waals surface area contributed by atoms with Crippen LogP contribution < -0.4 is 10.9 Å². The van der Waals surface area contributed by atoms with Crippen molar-refractivity contribution in [2.24, 2.45) is 0 Å². The Balaban J connectivity index is 1.66. The van der Waals surface area contributed by atoms with E-state index in [-0.39, 0.29) is 17.3 Å². The van der Waals surface area contributed by atoms with Gasteiger partial charge in [-0.1, -0.05) is 41.9 Å². The fraction of sp³-hybridized carbons (Fsp3) is 0.143. The molecule has 0 atom stereocenters. The lowest BCUT2D eigenvalue weighted by atomic mass is 10.1. The van der Waals surface area contributed by atoms with Crippen molar-refractivity contribution in [3.8, 4) is 0 Å². The van der Waals surface area contributed by atoms with Gasteiger partial charge in [0.05, 0.1) is 17.8 Å². The van der Waals surface area contributed by atoms with E-state index in [0.29, 0.717) is 6.07 Å². The lowest BCUT2D eigenvalue weighted by Crippen LogP contribution is -2.27. The molecule has 1 heterocycles. The van der Waals surface area contributed by atoms with Gasteiger partial charge in [0.15, 0.2) is 12.3 Å². The second-order valence-corrected chi connectivity index (χ2v) is 6.95. The van der Waals surface area contributed by atoms with E-state index in [2.05, 4.69) is 5.10 Å². The van der Waals surface area contributed by atoms with Crippen molar-refractivity contribution in [1.82, 2.24) is 9.78 Å². The highest BCUT2D eigenvalue weighted by Gasteiger charge is 2.34. The second-order valence-electron chi connectivity index (χ2n) is 6.51. The highest BCUT2D eigenvalue weighted by atomic mass is 35.5. The monoisotopic (exact) mass is 465 g/mol. The molecule has 1 amide bonds. The molecule has 0 saturated heterocycles. The highest BCUT2D eigenvalue weighted by molar-refractivity contribution is 6.30.